The molecule has 0 aliphatic carbocycles. The Morgan fingerprint density at radius 2 is 1.88 bits per heavy atom. The normalized spacial score (nSPS) is 12.1. The molecular weight excluding hydrogens is 365 g/mol. The predicted octanol–water partition coefficient (Wildman–Crippen LogP) is 3.61. The van der Waals surface area contributed by atoms with Gasteiger partial charge in [0, 0.05) is 5.69 Å². The van der Waals surface area contributed by atoms with Crippen LogP contribution in [-0.4, -0.2) is 25.4 Å². The molecule has 0 fully saturated rings. The zero-order valence-corrected chi connectivity index (χ0v) is 16.3. The number of carbonyl (C=O) groups excluding carboxylic acids is 1. The van der Waals surface area contributed by atoms with Crippen molar-refractivity contribution in [3.8, 4) is 6.07 Å². The van der Waals surface area contributed by atoms with E-state index in [-0.39, 0.29) is 5.57 Å². The average molecular weight is 385 g/mol. The fraction of sp³-hybridized carbons (Fsp3) is 0.333. The second-order valence-corrected chi connectivity index (χ2v) is 8.28. The lowest BCUT2D eigenvalue weighted by atomic mass is 10.2. The Labute approximate surface area is 151 Å². The molecule has 0 aliphatic rings. The zero-order chi connectivity index (χ0) is 18.0. The molecule has 0 atom stereocenters. The maximum atomic E-state index is 12.4. The summed E-state index contributed by atoms with van der Waals surface area (Å²) in [5.41, 5.74) is 0.532. The molecule has 0 aliphatic heterocycles. The molecule has 1 aromatic carbocycles. The van der Waals surface area contributed by atoms with Crippen LogP contribution in [0.15, 0.2) is 40.9 Å². The highest BCUT2D eigenvalue weighted by Gasteiger charge is 2.23. The van der Waals surface area contributed by atoms with Gasteiger partial charge >= 0.3 is 0 Å². The van der Waals surface area contributed by atoms with Gasteiger partial charge in [0.1, 0.15) is 11.6 Å². The summed E-state index contributed by atoms with van der Waals surface area (Å²) < 4.78 is 11.0. The number of nitrogens with zero attached hydrogens (tertiary/aromatic N) is 1. The Kier molecular flexibility index (Phi) is 9.04. The van der Waals surface area contributed by atoms with E-state index in [1.54, 1.807) is 44.4 Å². The van der Waals surface area contributed by atoms with Crippen molar-refractivity contribution in [2.45, 2.75) is 13.8 Å². The quantitative estimate of drug-likeness (QED) is 0.382. The van der Waals surface area contributed by atoms with Crippen molar-refractivity contribution in [2.24, 2.45) is 0 Å². The highest BCUT2D eigenvalue weighted by Crippen LogP contribution is 2.46. The molecule has 0 spiro atoms. The van der Waals surface area contributed by atoms with E-state index in [2.05, 4.69) is 10.4 Å². The highest BCUT2D eigenvalue weighted by molar-refractivity contribution is 8.10. The molecule has 0 saturated heterocycles. The van der Waals surface area contributed by atoms with Gasteiger partial charge in [0.15, 0.2) is 0 Å². The lowest BCUT2D eigenvalue weighted by Crippen LogP contribution is -2.20. The maximum Gasteiger partial charge on any atom is 0.287 e. The van der Waals surface area contributed by atoms with Gasteiger partial charge in [-0.25, -0.2) is 0 Å². The van der Waals surface area contributed by atoms with Crippen LogP contribution in [0.1, 0.15) is 13.8 Å². The second kappa shape index (κ2) is 10.5. The van der Waals surface area contributed by atoms with Crippen LogP contribution >= 0.6 is 18.4 Å². The Morgan fingerprint density at radius 1 is 1.29 bits per heavy atom. The number of thioether (sulfide) groups is 1. The molecule has 130 valence electrons. The third-order valence-corrected chi connectivity index (χ3v) is 6.10. The van der Waals surface area contributed by atoms with E-state index in [1.165, 1.54) is 11.8 Å². The standard InChI is InChI=1S/C15H20N3O3PS2/c1-4-20-22(23,21-5-2)18-15(24-3)13(11-16)14(19)17-12-9-7-6-8-10-12/h6-10H,4-5H2,1-3H3,(H,17,19)(H,18,23). The molecule has 0 unspecified atom stereocenters. The summed E-state index contributed by atoms with van der Waals surface area (Å²) in [4.78, 5) is 12.4. The first kappa shape index (κ1) is 20.7. The first-order valence-corrected chi connectivity index (χ1v) is 11.1. The number of benzene rings is 1. The van der Waals surface area contributed by atoms with Crippen LogP contribution in [0.4, 0.5) is 5.69 Å². The summed E-state index contributed by atoms with van der Waals surface area (Å²) in [6.45, 7) is 1.53. The van der Waals surface area contributed by atoms with Crippen molar-refractivity contribution in [2.75, 3.05) is 24.8 Å². The smallest absolute Gasteiger partial charge is 0.287 e. The number of rotatable bonds is 9. The number of nitriles is 1. The number of para-hydroxylation sites is 1. The first-order chi connectivity index (χ1) is 11.5. The summed E-state index contributed by atoms with van der Waals surface area (Å²) in [6.07, 6.45) is 1.74. The van der Waals surface area contributed by atoms with Crippen molar-refractivity contribution in [3.63, 3.8) is 0 Å². The van der Waals surface area contributed by atoms with E-state index >= 15 is 0 Å². The van der Waals surface area contributed by atoms with Crippen LogP contribution in [0, 0.1) is 11.3 Å². The van der Waals surface area contributed by atoms with Crippen molar-refractivity contribution < 1.29 is 13.8 Å². The monoisotopic (exact) mass is 385 g/mol. The molecule has 0 bridgehead atoms. The fourth-order valence-corrected chi connectivity index (χ4v) is 5.08. The average Bonchev–Trinajstić information content (AvgIpc) is 2.56. The molecule has 0 saturated carbocycles. The fourth-order valence-electron chi connectivity index (χ4n) is 1.69. The Bertz CT molecular complexity index is 664. The molecule has 0 aromatic heterocycles. The molecule has 2 N–H and O–H groups in total. The van der Waals surface area contributed by atoms with Gasteiger partial charge in [0.25, 0.3) is 12.5 Å². The third kappa shape index (κ3) is 6.27. The van der Waals surface area contributed by atoms with E-state index in [1.807, 2.05) is 12.1 Å². The van der Waals surface area contributed by atoms with E-state index < -0.39 is 12.5 Å². The van der Waals surface area contributed by atoms with Crippen LogP contribution in [0.25, 0.3) is 0 Å². The largest absolute Gasteiger partial charge is 0.321 e. The molecule has 24 heavy (non-hydrogen) atoms. The summed E-state index contributed by atoms with van der Waals surface area (Å²) in [5, 5.41) is 15.4. The van der Waals surface area contributed by atoms with E-state index in [0.29, 0.717) is 23.9 Å². The van der Waals surface area contributed by atoms with Crippen LogP contribution in [-0.2, 0) is 25.6 Å². The number of hydrogen-bond donors (Lipinski definition) is 2. The van der Waals surface area contributed by atoms with E-state index in [0.717, 1.165) is 0 Å². The van der Waals surface area contributed by atoms with Crippen molar-refractivity contribution in [3.05, 3.63) is 40.9 Å². The predicted molar refractivity (Wildman–Crippen MR) is 102 cm³/mol. The molecule has 1 aromatic rings. The Balaban J connectivity index is 3.07. The van der Waals surface area contributed by atoms with Crippen LogP contribution in [0.3, 0.4) is 0 Å². The summed E-state index contributed by atoms with van der Waals surface area (Å²) >= 11 is 6.60. The Morgan fingerprint density at radius 3 is 2.33 bits per heavy atom. The number of anilines is 1. The van der Waals surface area contributed by atoms with Crippen LogP contribution in [0.2, 0.25) is 0 Å². The molecular formula is C15H20N3O3PS2. The lowest BCUT2D eigenvalue weighted by Gasteiger charge is -2.24. The number of amides is 1. The second-order valence-electron chi connectivity index (χ2n) is 4.29. The van der Waals surface area contributed by atoms with Gasteiger partial charge in [-0.3, -0.25) is 4.79 Å². The lowest BCUT2D eigenvalue weighted by molar-refractivity contribution is -0.112. The summed E-state index contributed by atoms with van der Waals surface area (Å²) in [6, 6.07) is 10.8. The van der Waals surface area contributed by atoms with Crippen LogP contribution in [0.5, 0.6) is 0 Å². The number of hydrogen-bond acceptors (Lipinski definition) is 6. The van der Waals surface area contributed by atoms with Gasteiger partial charge < -0.3 is 19.5 Å². The third-order valence-electron chi connectivity index (χ3n) is 2.64. The van der Waals surface area contributed by atoms with Gasteiger partial charge in [0.2, 0.25) is 0 Å². The zero-order valence-electron chi connectivity index (χ0n) is 13.7. The topological polar surface area (TPSA) is 83.4 Å². The minimum absolute atomic E-state index is 0.0695. The van der Waals surface area contributed by atoms with Gasteiger partial charge in [-0.2, -0.15) is 5.26 Å². The first-order valence-electron chi connectivity index (χ1n) is 7.21. The SMILES string of the molecule is CCOP(=S)(NC(SC)=C(C#N)C(=O)Nc1ccccc1)OCC. The van der Waals surface area contributed by atoms with Crippen molar-refractivity contribution >= 4 is 41.8 Å². The molecule has 0 heterocycles. The molecule has 0 radical (unpaired) electrons. The molecule has 9 heteroatoms. The summed E-state index contributed by atoms with van der Waals surface area (Å²) in [7, 11) is 0. The minimum atomic E-state index is -2.81. The number of nitrogens with one attached hydrogen (secondary N) is 2. The minimum Gasteiger partial charge on any atom is -0.321 e. The van der Waals surface area contributed by atoms with Gasteiger partial charge in [-0.1, -0.05) is 18.2 Å². The van der Waals surface area contributed by atoms with Crippen molar-refractivity contribution in [1.82, 2.24) is 5.09 Å². The van der Waals surface area contributed by atoms with Gasteiger partial charge in [0.05, 0.1) is 18.2 Å². The van der Waals surface area contributed by atoms with Crippen molar-refractivity contribution in [1.29, 1.82) is 5.26 Å². The maximum absolute atomic E-state index is 12.4. The molecule has 1 rings (SSSR count). The van der Waals surface area contributed by atoms with E-state index in [9.17, 15) is 10.1 Å². The number of carbonyl (C=O) groups is 1. The molecule has 1 amide bonds. The van der Waals surface area contributed by atoms with Crippen LogP contribution < -0.4 is 10.4 Å². The Hall–Kier alpha value is -1.36. The van der Waals surface area contributed by atoms with Gasteiger partial charge in [-0.05, 0) is 44.0 Å². The van der Waals surface area contributed by atoms with Gasteiger partial charge in [-0.15, -0.1) is 11.8 Å². The molecule has 6 nitrogen and oxygen atoms in total. The highest BCUT2D eigenvalue weighted by atomic mass is 32.5. The van der Waals surface area contributed by atoms with E-state index in [4.69, 9.17) is 20.9 Å². The summed E-state index contributed by atoms with van der Waals surface area (Å²) in [5.74, 6) is -0.518.